The lowest BCUT2D eigenvalue weighted by Gasteiger charge is -2.22. The SMILES string of the molecule is CC(=O)C(C)(C)Cc1ccc(OCCCCSc2ccncc2)c(C)c1O. The van der Waals surface area contributed by atoms with Crippen LogP contribution in [0, 0.1) is 12.3 Å². The van der Waals surface area contributed by atoms with Crippen LogP contribution in [-0.2, 0) is 11.2 Å². The summed E-state index contributed by atoms with van der Waals surface area (Å²) in [6.07, 6.45) is 6.14. The smallest absolute Gasteiger partial charge is 0.135 e. The lowest BCUT2D eigenvalue weighted by Crippen LogP contribution is -2.24. The van der Waals surface area contributed by atoms with Crippen molar-refractivity contribution in [2.45, 2.75) is 51.9 Å². The predicted octanol–water partition coefficient (Wildman–Crippen LogP) is 5.20. The van der Waals surface area contributed by atoms with Gasteiger partial charge in [-0.05, 0) is 62.6 Å². The largest absolute Gasteiger partial charge is 0.507 e. The summed E-state index contributed by atoms with van der Waals surface area (Å²) in [7, 11) is 0. The third kappa shape index (κ3) is 6.28. The van der Waals surface area contributed by atoms with Gasteiger partial charge >= 0.3 is 0 Å². The molecule has 0 atom stereocenters. The monoisotopic (exact) mass is 387 g/mol. The number of carbonyl (C=O) groups excluding carboxylic acids is 1. The molecule has 2 rings (SSSR count). The summed E-state index contributed by atoms with van der Waals surface area (Å²) in [5.41, 5.74) is 1.03. The van der Waals surface area contributed by atoms with Crippen molar-refractivity contribution in [1.29, 1.82) is 0 Å². The number of phenols is 1. The molecule has 5 heteroatoms. The molecule has 2 aromatic rings. The van der Waals surface area contributed by atoms with E-state index in [4.69, 9.17) is 4.74 Å². The molecular weight excluding hydrogens is 358 g/mol. The minimum Gasteiger partial charge on any atom is -0.507 e. The molecule has 0 unspecified atom stereocenters. The second-order valence-electron chi connectivity index (χ2n) is 7.40. The molecule has 0 spiro atoms. The Morgan fingerprint density at radius 3 is 2.56 bits per heavy atom. The number of hydrogen-bond donors (Lipinski definition) is 1. The van der Waals surface area contributed by atoms with E-state index in [-0.39, 0.29) is 11.5 Å². The summed E-state index contributed by atoms with van der Waals surface area (Å²) in [6, 6.07) is 7.79. The van der Waals surface area contributed by atoms with E-state index < -0.39 is 5.41 Å². The van der Waals surface area contributed by atoms with Gasteiger partial charge in [-0.25, -0.2) is 0 Å². The molecule has 0 fully saturated rings. The Morgan fingerprint density at radius 1 is 1.19 bits per heavy atom. The Labute approximate surface area is 166 Å². The van der Waals surface area contributed by atoms with Crippen LogP contribution in [0.25, 0.3) is 0 Å². The molecule has 0 amide bonds. The second-order valence-corrected chi connectivity index (χ2v) is 8.57. The number of phenolic OH excluding ortho intramolecular Hbond substituents is 1. The number of hydrogen-bond acceptors (Lipinski definition) is 5. The third-order valence-electron chi connectivity index (χ3n) is 4.77. The van der Waals surface area contributed by atoms with E-state index in [0.717, 1.165) is 29.7 Å². The van der Waals surface area contributed by atoms with Gasteiger partial charge in [-0.15, -0.1) is 11.8 Å². The lowest BCUT2D eigenvalue weighted by molar-refractivity contribution is -0.124. The quantitative estimate of drug-likeness (QED) is 0.448. The molecule has 0 radical (unpaired) electrons. The molecule has 4 nitrogen and oxygen atoms in total. The summed E-state index contributed by atoms with van der Waals surface area (Å²) in [6.45, 7) is 7.87. The first-order valence-corrected chi connectivity index (χ1v) is 10.3. The zero-order valence-electron chi connectivity index (χ0n) is 16.6. The standard InChI is InChI=1S/C22H29NO3S/c1-16-20(8-7-18(21(16)25)15-22(3,4)17(2)24)26-13-5-6-14-27-19-9-11-23-12-10-19/h7-12,25H,5-6,13-15H2,1-4H3. The number of Topliss-reactive ketones (excluding diaryl/α,β-unsaturated/α-hetero) is 1. The molecule has 1 aromatic heterocycles. The summed E-state index contributed by atoms with van der Waals surface area (Å²) in [5, 5.41) is 10.5. The Bertz CT molecular complexity index is 760. The van der Waals surface area contributed by atoms with Crippen LogP contribution >= 0.6 is 11.8 Å². The van der Waals surface area contributed by atoms with Crippen LogP contribution < -0.4 is 4.74 Å². The van der Waals surface area contributed by atoms with E-state index in [1.165, 1.54) is 4.90 Å². The fraction of sp³-hybridized carbons (Fsp3) is 0.455. The first-order chi connectivity index (χ1) is 12.8. The average Bonchev–Trinajstić information content (AvgIpc) is 2.64. The lowest BCUT2D eigenvalue weighted by atomic mass is 9.82. The number of ether oxygens (including phenoxy) is 1. The van der Waals surface area contributed by atoms with Crippen molar-refractivity contribution < 1.29 is 14.6 Å². The van der Waals surface area contributed by atoms with Crippen molar-refractivity contribution in [3.8, 4) is 11.5 Å². The van der Waals surface area contributed by atoms with Gasteiger partial charge in [-0.3, -0.25) is 9.78 Å². The maximum Gasteiger partial charge on any atom is 0.135 e. The van der Waals surface area contributed by atoms with Crippen molar-refractivity contribution in [2.24, 2.45) is 5.41 Å². The van der Waals surface area contributed by atoms with Crippen molar-refractivity contribution >= 4 is 17.5 Å². The fourth-order valence-electron chi connectivity index (χ4n) is 2.65. The summed E-state index contributed by atoms with van der Waals surface area (Å²) >= 11 is 1.82. The third-order valence-corrected chi connectivity index (χ3v) is 5.86. The Morgan fingerprint density at radius 2 is 1.89 bits per heavy atom. The summed E-state index contributed by atoms with van der Waals surface area (Å²) < 4.78 is 5.86. The molecule has 1 aromatic carbocycles. The molecule has 0 aliphatic rings. The van der Waals surface area contributed by atoms with Crippen molar-refractivity contribution in [1.82, 2.24) is 4.98 Å². The topological polar surface area (TPSA) is 59.4 Å². The molecule has 1 heterocycles. The van der Waals surface area contributed by atoms with Crippen LogP contribution in [-0.4, -0.2) is 28.2 Å². The first kappa shape index (κ1) is 21.3. The minimum absolute atomic E-state index is 0.115. The number of aromatic hydroxyl groups is 1. The van der Waals surface area contributed by atoms with Gasteiger partial charge in [0, 0.05) is 28.3 Å². The van der Waals surface area contributed by atoms with Crippen molar-refractivity contribution in [3.63, 3.8) is 0 Å². The second kappa shape index (κ2) is 9.79. The first-order valence-electron chi connectivity index (χ1n) is 9.29. The fourth-order valence-corrected chi connectivity index (χ4v) is 3.55. The van der Waals surface area contributed by atoms with E-state index >= 15 is 0 Å². The van der Waals surface area contributed by atoms with E-state index in [9.17, 15) is 9.90 Å². The van der Waals surface area contributed by atoms with Gasteiger partial charge in [-0.2, -0.15) is 0 Å². The molecule has 0 aliphatic carbocycles. The number of pyridine rings is 1. The predicted molar refractivity (Wildman–Crippen MR) is 111 cm³/mol. The number of benzene rings is 1. The van der Waals surface area contributed by atoms with Gasteiger partial charge < -0.3 is 9.84 Å². The van der Waals surface area contributed by atoms with Gasteiger partial charge in [0.15, 0.2) is 0 Å². The maximum atomic E-state index is 11.7. The highest BCUT2D eigenvalue weighted by Crippen LogP contribution is 2.35. The van der Waals surface area contributed by atoms with E-state index in [2.05, 4.69) is 4.98 Å². The van der Waals surface area contributed by atoms with Crippen molar-refractivity contribution in [3.05, 3.63) is 47.8 Å². The minimum atomic E-state index is -0.487. The van der Waals surface area contributed by atoms with Crippen LogP contribution in [0.1, 0.15) is 44.7 Å². The molecular formula is C22H29NO3S. The van der Waals surface area contributed by atoms with E-state index in [1.54, 1.807) is 6.92 Å². The molecule has 0 saturated carbocycles. The Hall–Kier alpha value is -2.01. The number of carbonyl (C=O) groups is 1. The van der Waals surface area contributed by atoms with Gasteiger partial charge in [0.2, 0.25) is 0 Å². The number of unbranched alkanes of at least 4 members (excludes halogenated alkanes) is 1. The molecule has 0 aliphatic heterocycles. The van der Waals surface area contributed by atoms with Crippen LogP contribution in [0.5, 0.6) is 11.5 Å². The van der Waals surface area contributed by atoms with Crippen molar-refractivity contribution in [2.75, 3.05) is 12.4 Å². The Balaban J connectivity index is 1.81. The average molecular weight is 388 g/mol. The molecule has 1 N–H and O–H groups in total. The van der Waals surface area contributed by atoms with Crippen LogP contribution in [0.4, 0.5) is 0 Å². The number of aromatic nitrogens is 1. The highest BCUT2D eigenvalue weighted by atomic mass is 32.2. The maximum absolute atomic E-state index is 11.7. The highest BCUT2D eigenvalue weighted by Gasteiger charge is 2.26. The molecule has 0 bridgehead atoms. The van der Waals surface area contributed by atoms with Gasteiger partial charge in [0.1, 0.15) is 17.3 Å². The number of nitrogens with zero attached hydrogens (tertiary/aromatic N) is 1. The Kier molecular flexibility index (Phi) is 7.72. The van der Waals surface area contributed by atoms with E-state index in [1.807, 2.05) is 69.2 Å². The highest BCUT2D eigenvalue weighted by molar-refractivity contribution is 7.99. The number of ketones is 1. The molecule has 27 heavy (non-hydrogen) atoms. The number of rotatable bonds is 10. The zero-order chi connectivity index (χ0) is 19.9. The molecule has 146 valence electrons. The normalized spacial score (nSPS) is 11.4. The van der Waals surface area contributed by atoms with Crippen LogP contribution in [0.3, 0.4) is 0 Å². The van der Waals surface area contributed by atoms with Crippen LogP contribution in [0.15, 0.2) is 41.6 Å². The van der Waals surface area contributed by atoms with Gasteiger partial charge in [0.25, 0.3) is 0 Å². The van der Waals surface area contributed by atoms with Gasteiger partial charge in [0.05, 0.1) is 6.61 Å². The molecule has 0 saturated heterocycles. The van der Waals surface area contributed by atoms with Crippen LogP contribution in [0.2, 0.25) is 0 Å². The number of thioether (sulfide) groups is 1. The zero-order valence-corrected chi connectivity index (χ0v) is 17.4. The summed E-state index contributed by atoms with van der Waals surface area (Å²) in [5.74, 6) is 2.09. The van der Waals surface area contributed by atoms with E-state index in [0.29, 0.717) is 18.8 Å². The summed E-state index contributed by atoms with van der Waals surface area (Å²) in [4.78, 5) is 17.0. The van der Waals surface area contributed by atoms with Gasteiger partial charge in [-0.1, -0.05) is 19.9 Å².